The van der Waals surface area contributed by atoms with Crippen LogP contribution in [-0.2, 0) is 4.79 Å². The standard InChI is InChI=1S/C18H20N2O4/c1-3-12(2)16(18(22)23)20-17(21)13-6-8-14(9-7-13)24-15-5-4-10-19-11-15/h4-12,16H,3H2,1-2H3,(H,20,21)(H,22,23)/t12-,16-/m0/s1. The second-order valence-electron chi connectivity index (χ2n) is 5.49. The predicted molar refractivity (Wildman–Crippen MR) is 89.1 cm³/mol. The molecule has 1 aromatic heterocycles. The van der Waals surface area contributed by atoms with Crippen molar-refractivity contribution >= 4 is 11.9 Å². The van der Waals surface area contributed by atoms with Crippen molar-refractivity contribution in [1.29, 1.82) is 0 Å². The van der Waals surface area contributed by atoms with Gasteiger partial charge in [0, 0.05) is 11.8 Å². The number of carbonyl (C=O) groups excluding carboxylic acids is 1. The minimum absolute atomic E-state index is 0.153. The maximum atomic E-state index is 12.2. The van der Waals surface area contributed by atoms with E-state index in [1.165, 1.54) is 0 Å². The summed E-state index contributed by atoms with van der Waals surface area (Å²) < 4.78 is 5.60. The number of amides is 1. The van der Waals surface area contributed by atoms with Crippen LogP contribution in [0.3, 0.4) is 0 Å². The average Bonchev–Trinajstić information content (AvgIpc) is 2.60. The topological polar surface area (TPSA) is 88.5 Å². The zero-order chi connectivity index (χ0) is 17.5. The van der Waals surface area contributed by atoms with E-state index in [1.807, 2.05) is 6.92 Å². The Balaban J connectivity index is 2.04. The van der Waals surface area contributed by atoms with Gasteiger partial charge in [0.05, 0.1) is 6.20 Å². The van der Waals surface area contributed by atoms with Crippen molar-refractivity contribution in [2.45, 2.75) is 26.3 Å². The number of nitrogens with zero attached hydrogens (tertiary/aromatic N) is 1. The number of aliphatic carboxylic acids is 1. The molecule has 0 aliphatic carbocycles. The first-order valence-corrected chi connectivity index (χ1v) is 7.73. The number of carbonyl (C=O) groups is 2. The van der Waals surface area contributed by atoms with Gasteiger partial charge in [0.1, 0.15) is 17.5 Å². The van der Waals surface area contributed by atoms with E-state index in [4.69, 9.17) is 4.74 Å². The molecule has 2 rings (SSSR count). The van der Waals surface area contributed by atoms with Crippen LogP contribution in [0.15, 0.2) is 48.8 Å². The maximum Gasteiger partial charge on any atom is 0.326 e. The molecule has 0 bridgehead atoms. The second kappa shape index (κ2) is 8.10. The van der Waals surface area contributed by atoms with Crippen molar-refractivity contribution in [1.82, 2.24) is 10.3 Å². The van der Waals surface area contributed by atoms with E-state index in [0.29, 0.717) is 23.5 Å². The van der Waals surface area contributed by atoms with Crippen LogP contribution in [-0.4, -0.2) is 28.0 Å². The van der Waals surface area contributed by atoms with Crippen LogP contribution < -0.4 is 10.1 Å². The van der Waals surface area contributed by atoms with Crippen molar-refractivity contribution in [2.75, 3.05) is 0 Å². The fourth-order valence-corrected chi connectivity index (χ4v) is 2.13. The molecule has 0 aliphatic heterocycles. The minimum Gasteiger partial charge on any atom is -0.480 e. The summed E-state index contributed by atoms with van der Waals surface area (Å²) in [5.41, 5.74) is 0.378. The molecule has 0 saturated carbocycles. The Morgan fingerprint density at radius 2 is 1.92 bits per heavy atom. The summed E-state index contributed by atoms with van der Waals surface area (Å²) in [5, 5.41) is 11.8. The number of hydrogen-bond donors (Lipinski definition) is 2. The molecule has 0 aliphatic rings. The molecule has 2 N–H and O–H groups in total. The second-order valence-corrected chi connectivity index (χ2v) is 5.49. The molecular formula is C18H20N2O4. The Kier molecular flexibility index (Phi) is 5.89. The molecule has 0 fully saturated rings. The molecule has 0 radical (unpaired) electrons. The lowest BCUT2D eigenvalue weighted by molar-refractivity contribution is -0.140. The number of carboxylic acid groups (broad SMARTS) is 1. The van der Waals surface area contributed by atoms with Crippen molar-refractivity contribution in [3.63, 3.8) is 0 Å². The highest BCUT2D eigenvalue weighted by Crippen LogP contribution is 2.20. The summed E-state index contributed by atoms with van der Waals surface area (Å²) in [4.78, 5) is 27.5. The smallest absolute Gasteiger partial charge is 0.326 e. The lowest BCUT2D eigenvalue weighted by atomic mass is 9.99. The summed E-state index contributed by atoms with van der Waals surface area (Å²) in [5.74, 6) is -0.446. The number of rotatable bonds is 7. The Labute approximate surface area is 140 Å². The minimum atomic E-state index is -1.03. The SMILES string of the molecule is CC[C@H](C)[C@H](NC(=O)c1ccc(Oc2cccnc2)cc1)C(=O)O. The molecule has 24 heavy (non-hydrogen) atoms. The molecule has 1 aromatic carbocycles. The molecule has 0 spiro atoms. The van der Waals surface area contributed by atoms with Gasteiger partial charge in [0.25, 0.3) is 5.91 Å². The molecule has 0 unspecified atom stereocenters. The number of carboxylic acids is 1. The zero-order valence-electron chi connectivity index (χ0n) is 13.6. The first kappa shape index (κ1) is 17.5. The maximum absolute atomic E-state index is 12.2. The van der Waals surface area contributed by atoms with Crippen molar-refractivity contribution in [2.24, 2.45) is 5.92 Å². The van der Waals surface area contributed by atoms with Crippen LogP contribution in [0.5, 0.6) is 11.5 Å². The number of pyridine rings is 1. The van der Waals surface area contributed by atoms with Crippen molar-refractivity contribution in [3.05, 3.63) is 54.4 Å². The van der Waals surface area contributed by atoms with Gasteiger partial charge < -0.3 is 15.2 Å². The van der Waals surface area contributed by atoms with E-state index in [0.717, 1.165) is 0 Å². The Hall–Kier alpha value is -2.89. The van der Waals surface area contributed by atoms with E-state index in [2.05, 4.69) is 10.3 Å². The third-order valence-corrected chi connectivity index (χ3v) is 3.75. The Morgan fingerprint density at radius 3 is 2.46 bits per heavy atom. The van der Waals surface area contributed by atoms with Crippen LogP contribution in [0.4, 0.5) is 0 Å². The number of benzene rings is 1. The normalized spacial score (nSPS) is 12.9. The van der Waals surface area contributed by atoms with Crippen LogP contribution in [0.1, 0.15) is 30.6 Å². The van der Waals surface area contributed by atoms with Gasteiger partial charge in [-0.2, -0.15) is 0 Å². The molecule has 6 heteroatoms. The Bertz CT molecular complexity index is 686. The lowest BCUT2D eigenvalue weighted by Crippen LogP contribution is -2.45. The quantitative estimate of drug-likeness (QED) is 0.815. The van der Waals surface area contributed by atoms with Crippen LogP contribution in [0.2, 0.25) is 0 Å². The van der Waals surface area contributed by atoms with Gasteiger partial charge in [-0.05, 0) is 42.3 Å². The van der Waals surface area contributed by atoms with Gasteiger partial charge in [0.2, 0.25) is 0 Å². The predicted octanol–water partition coefficient (Wildman–Crippen LogP) is 3.10. The summed E-state index contributed by atoms with van der Waals surface area (Å²) in [7, 11) is 0. The van der Waals surface area contributed by atoms with Gasteiger partial charge in [-0.1, -0.05) is 20.3 Å². The Morgan fingerprint density at radius 1 is 1.21 bits per heavy atom. The number of ether oxygens (including phenoxy) is 1. The monoisotopic (exact) mass is 328 g/mol. The summed E-state index contributed by atoms with van der Waals surface area (Å²) in [6.07, 6.45) is 3.90. The molecule has 2 aromatic rings. The summed E-state index contributed by atoms with van der Waals surface area (Å²) in [6, 6.07) is 9.12. The van der Waals surface area contributed by atoms with Crippen molar-refractivity contribution in [3.8, 4) is 11.5 Å². The number of nitrogens with one attached hydrogen (secondary N) is 1. The van der Waals surface area contributed by atoms with Crippen LogP contribution >= 0.6 is 0 Å². The summed E-state index contributed by atoms with van der Waals surface area (Å²) >= 11 is 0. The first-order chi connectivity index (χ1) is 11.5. The fourth-order valence-electron chi connectivity index (χ4n) is 2.13. The van der Waals surface area contributed by atoms with Crippen LogP contribution in [0.25, 0.3) is 0 Å². The van der Waals surface area contributed by atoms with Gasteiger partial charge in [0.15, 0.2) is 0 Å². The lowest BCUT2D eigenvalue weighted by Gasteiger charge is -2.20. The van der Waals surface area contributed by atoms with E-state index in [1.54, 1.807) is 55.7 Å². The molecule has 126 valence electrons. The third kappa shape index (κ3) is 4.55. The highest BCUT2D eigenvalue weighted by molar-refractivity contribution is 5.96. The van der Waals surface area contributed by atoms with Gasteiger partial charge in [-0.15, -0.1) is 0 Å². The first-order valence-electron chi connectivity index (χ1n) is 7.73. The van der Waals surface area contributed by atoms with Gasteiger partial charge >= 0.3 is 5.97 Å². The highest BCUT2D eigenvalue weighted by atomic mass is 16.5. The van der Waals surface area contributed by atoms with Crippen molar-refractivity contribution < 1.29 is 19.4 Å². The molecular weight excluding hydrogens is 308 g/mol. The molecule has 1 heterocycles. The van der Waals surface area contributed by atoms with Gasteiger partial charge in [-0.25, -0.2) is 4.79 Å². The number of hydrogen-bond acceptors (Lipinski definition) is 4. The molecule has 6 nitrogen and oxygen atoms in total. The average molecular weight is 328 g/mol. The van der Waals surface area contributed by atoms with E-state index in [-0.39, 0.29) is 5.92 Å². The van der Waals surface area contributed by atoms with E-state index >= 15 is 0 Å². The largest absolute Gasteiger partial charge is 0.480 e. The number of aromatic nitrogens is 1. The molecule has 0 saturated heterocycles. The van der Waals surface area contributed by atoms with Gasteiger partial charge in [-0.3, -0.25) is 9.78 Å². The molecule has 1 amide bonds. The third-order valence-electron chi connectivity index (χ3n) is 3.75. The van der Waals surface area contributed by atoms with E-state index in [9.17, 15) is 14.7 Å². The highest BCUT2D eigenvalue weighted by Gasteiger charge is 2.25. The zero-order valence-corrected chi connectivity index (χ0v) is 13.6. The van der Waals surface area contributed by atoms with E-state index < -0.39 is 17.9 Å². The summed E-state index contributed by atoms with van der Waals surface area (Å²) in [6.45, 7) is 3.68. The fraction of sp³-hybridized carbons (Fsp3) is 0.278. The van der Waals surface area contributed by atoms with Crippen LogP contribution in [0, 0.1) is 5.92 Å². The molecule has 2 atom stereocenters.